The van der Waals surface area contributed by atoms with Crippen molar-refractivity contribution in [2.75, 3.05) is 13.1 Å². The number of rotatable bonds is 2. The van der Waals surface area contributed by atoms with Gasteiger partial charge in [-0.3, -0.25) is 4.90 Å². The van der Waals surface area contributed by atoms with E-state index in [4.69, 9.17) is 4.52 Å². The summed E-state index contributed by atoms with van der Waals surface area (Å²) in [6.45, 7) is 13.1. The second-order valence-electron chi connectivity index (χ2n) is 6.62. The van der Waals surface area contributed by atoms with Crippen molar-refractivity contribution in [2.45, 2.75) is 58.9 Å². The maximum atomic E-state index is 5.44. The van der Waals surface area contributed by atoms with Gasteiger partial charge in [0.25, 0.3) is 0 Å². The summed E-state index contributed by atoms with van der Waals surface area (Å²) in [5, 5.41) is 4.11. The van der Waals surface area contributed by atoms with Crippen LogP contribution in [0.4, 0.5) is 0 Å². The zero-order chi connectivity index (χ0) is 13.3. The minimum Gasteiger partial charge on any atom is -0.338 e. The van der Waals surface area contributed by atoms with E-state index in [2.05, 4.69) is 49.7 Å². The molecule has 0 spiro atoms. The minimum atomic E-state index is -0.0450. The van der Waals surface area contributed by atoms with Crippen molar-refractivity contribution >= 4 is 0 Å². The summed E-state index contributed by atoms with van der Waals surface area (Å²) in [5.74, 6) is 2.33. The van der Waals surface area contributed by atoms with Gasteiger partial charge in [-0.25, -0.2) is 0 Å². The highest BCUT2D eigenvalue weighted by molar-refractivity contribution is 5.02. The Labute approximate surface area is 110 Å². The van der Waals surface area contributed by atoms with Gasteiger partial charge in [-0.05, 0) is 32.2 Å². The molecule has 4 nitrogen and oxygen atoms in total. The van der Waals surface area contributed by atoms with E-state index in [9.17, 15) is 0 Å². The molecule has 2 atom stereocenters. The van der Waals surface area contributed by atoms with Crippen LogP contribution in [0.25, 0.3) is 0 Å². The first kappa shape index (κ1) is 13.5. The molecule has 0 radical (unpaired) electrons. The summed E-state index contributed by atoms with van der Waals surface area (Å²) >= 11 is 0. The molecule has 0 aliphatic carbocycles. The Morgan fingerprint density at radius 1 is 1.39 bits per heavy atom. The van der Waals surface area contributed by atoms with Crippen LogP contribution in [0.1, 0.15) is 65.2 Å². The molecule has 1 aromatic heterocycles. The van der Waals surface area contributed by atoms with Crippen LogP contribution in [0, 0.1) is 5.92 Å². The van der Waals surface area contributed by atoms with E-state index in [0.29, 0.717) is 0 Å². The summed E-state index contributed by atoms with van der Waals surface area (Å²) in [4.78, 5) is 7.01. The largest absolute Gasteiger partial charge is 0.338 e. The van der Waals surface area contributed by atoms with Crippen LogP contribution in [0.2, 0.25) is 0 Å². The summed E-state index contributed by atoms with van der Waals surface area (Å²) in [5.41, 5.74) is -0.0450. The third-order valence-electron chi connectivity index (χ3n) is 3.71. The monoisotopic (exact) mass is 251 g/mol. The number of nitrogens with zero attached hydrogens (tertiary/aromatic N) is 3. The predicted molar refractivity (Wildman–Crippen MR) is 71.4 cm³/mol. The predicted octanol–water partition coefficient (Wildman–Crippen LogP) is 3.16. The average Bonchev–Trinajstić information content (AvgIpc) is 2.77. The van der Waals surface area contributed by atoms with Gasteiger partial charge in [0.05, 0.1) is 6.04 Å². The van der Waals surface area contributed by atoms with Crippen molar-refractivity contribution in [3.05, 3.63) is 11.7 Å². The fraction of sp³-hybridized carbons (Fsp3) is 0.857. The molecule has 1 aliphatic rings. The first-order valence-electron chi connectivity index (χ1n) is 6.96. The lowest BCUT2D eigenvalue weighted by Gasteiger charge is -2.33. The van der Waals surface area contributed by atoms with Crippen molar-refractivity contribution in [1.82, 2.24) is 15.0 Å². The van der Waals surface area contributed by atoms with E-state index < -0.39 is 0 Å². The van der Waals surface area contributed by atoms with Gasteiger partial charge in [0, 0.05) is 12.0 Å². The van der Waals surface area contributed by atoms with E-state index in [1.165, 1.54) is 12.8 Å². The van der Waals surface area contributed by atoms with Crippen LogP contribution < -0.4 is 0 Å². The minimum absolute atomic E-state index is 0.0450. The van der Waals surface area contributed by atoms with Crippen molar-refractivity contribution in [1.29, 1.82) is 0 Å². The molecule has 0 amide bonds. The first-order chi connectivity index (χ1) is 8.38. The smallest absolute Gasteiger partial charge is 0.243 e. The van der Waals surface area contributed by atoms with E-state index in [-0.39, 0.29) is 11.5 Å². The SMILES string of the molecule is C[C@@H]1CCCN([C@@H](C)c2nc(C(C)(C)C)no2)C1. The van der Waals surface area contributed by atoms with E-state index in [1.54, 1.807) is 0 Å². The Balaban J connectivity index is 2.09. The molecule has 1 fully saturated rings. The maximum absolute atomic E-state index is 5.44. The topological polar surface area (TPSA) is 42.2 Å². The third kappa shape index (κ3) is 2.91. The second-order valence-corrected chi connectivity index (χ2v) is 6.62. The zero-order valence-corrected chi connectivity index (χ0v) is 12.2. The number of piperidine rings is 1. The van der Waals surface area contributed by atoms with Crippen LogP contribution in [-0.2, 0) is 5.41 Å². The molecular weight excluding hydrogens is 226 g/mol. The zero-order valence-electron chi connectivity index (χ0n) is 12.2. The normalized spacial score (nSPS) is 24.2. The molecular formula is C14H25N3O. The molecule has 2 heterocycles. The Kier molecular flexibility index (Phi) is 3.76. The molecule has 1 saturated heterocycles. The average molecular weight is 251 g/mol. The number of hydrogen-bond acceptors (Lipinski definition) is 4. The van der Waals surface area contributed by atoms with E-state index >= 15 is 0 Å². The van der Waals surface area contributed by atoms with Crippen LogP contribution in [0.15, 0.2) is 4.52 Å². The summed E-state index contributed by atoms with van der Waals surface area (Å²) in [6, 6.07) is 0.233. The summed E-state index contributed by atoms with van der Waals surface area (Å²) in [6.07, 6.45) is 2.60. The third-order valence-corrected chi connectivity index (χ3v) is 3.71. The second kappa shape index (κ2) is 5.00. The first-order valence-corrected chi connectivity index (χ1v) is 6.96. The Morgan fingerprint density at radius 3 is 2.67 bits per heavy atom. The molecule has 18 heavy (non-hydrogen) atoms. The molecule has 0 N–H and O–H groups in total. The summed E-state index contributed by atoms with van der Waals surface area (Å²) < 4.78 is 5.44. The van der Waals surface area contributed by atoms with Crippen molar-refractivity contribution in [3.63, 3.8) is 0 Å². The number of aromatic nitrogens is 2. The van der Waals surface area contributed by atoms with Gasteiger partial charge in [-0.15, -0.1) is 0 Å². The molecule has 102 valence electrons. The number of hydrogen-bond donors (Lipinski definition) is 0. The fourth-order valence-electron chi connectivity index (χ4n) is 2.44. The van der Waals surface area contributed by atoms with Crippen molar-refractivity contribution in [2.24, 2.45) is 5.92 Å². The van der Waals surface area contributed by atoms with Gasteiger partial charge in [-0.1, -0.05) is 32.9 Å². The van der Waals surface area contributed by atoms with Gasteiger partial charge in [-0.2, -0.15) is 4.98 Å². The van der Waals surface area contributed by atoms with Crippen LogP contribution in [0.3, 0.4) is 0 Å². The molecule has 1 aliphatic heterocycles. The molecule has 0 aromatic carbocycles. The van der Waals surface area contributed by atoms with Crippen molar-refractivity contribution < 1.29 is 4.52 Å². The Hall–Kier alpha value is -0.900. The standard InChI is InChI=1S/C14H25N3O/c1-10-7-6-8-17(9-10)11(2)12-15-13(16-18-12)14(3,4)5/h10-11H,6-9H2,1-5H3/t10-,11+/m1/s1. The maximum Gasteiger partial charge on any atom is 0.243 e. The van der Waals surface area contributed by atoms with Crippen LogP contribution >= 0.6 is 0 Å². The fourth-order valence-corrected chi connectivity index (χ4v) is 2.44. The highest BCUT2D eigenvalue weighted by Crippen LogP contribution is 2.27. The van der Waals surface area contributed by atoms with Gasteiger partial charge < -0.3 is 4.52 Å². The lowest BCUT2D eigenvalue weighted by molar-refractivity contribution is 0.117. The molecule has 0 unspecified atom stereocenters. The molecule has 0 bridgehead atoms. The lowest BCUT2D eigenvalue weighted by atomic mass is 9.96. The van der Waals surface area contributed by atoms with Crippen molar-refractivity contribution in [3.8, 4) is 0 Å². The van der Waals surface area contributed by atoms with Gasteiger partial charge in [0.15, 0.2) is 5.82 Å². The lowest BCUT2D eigenvalue weighted by Crippen LogP contribution is -2.36. The Bertz CT molecular complexity index is 394. The molecule has 2 rings (SSSR count). The highest BCUT2D eigenvalue weighted by Gasteiger charge is 2.28. The van der Waals surface area contributed by atoms with Gasteiger partial charge >= 0.3 is 0 Å². The summed E-state index contributed by atoms with van der Waals surface area (Å²) in [7, 11) is 0. The molecule has 0 saturated carbocycles. The van der Waals surface area contributed by atoms with E-state index in [0.717, 1.165) is 30.7 Å². The quantitative estimate of drug-likeness (QED) is 0.809. The number of likely N-dealkylation sites (tertiary alicyclic amines) is 1. The Morgan fingerprint density at radius 2 is 2.11 bits per heavy atom. The molecule has 4 heteroatoms. The van der Waals surface area contributed by atoms with Gasteiger partial charge in [0.1, 0.15) is 0 Å². The van der Waals surface area contributed by atoms with Crippen LogP contribution in [0.5, 0.6) is 0 Å². The van der Waals surface area contributed by atoms with E-state index in [1.807, 2.05) is 0 Å². The molecule has 1 aromatic rings. The van der Waals surface area contributed by atoms with Gasteiger partial charge in [0.2, 0.25) is 5.89 Å². The highest BCUT2D eigenvalue weighted by atomic mass is 16.5. The van der Waals surface area contributed by atoms with Crippen LogP contribution in [-0.4, -0.2) is 28.1 Å².